The summed E-state index contributed by atoms with van der Waals surface area (Å²) in [6.07, 6.45) is 0. The molecule has 0 bridgehead atoms. The lowest BCUT2D eigenvalue weighted by atomic mass is 10.1. The fourth-order valence-electron chi connectivity index (χ4n) is 1.75. The van der Waals surface area contributed by atoms with E-state index in [-0.39, 0.29) is 6.04 Å². The minimum atomic E-state index is -0.584. The van der Waals surface area contributed by atoms with Crippen LogP contribution in [0.25, 0.3) is 0 Å². The van der Waals surface area contributed by atoms with Gasteiger partial charge in [-0.25, -0.2) is 8.78 Å². The molecule has 94 valence electrons. The van der Waals surface area contributed by atoms with Crippen LogP contribution in [0, 0.1) is 11.6 Å². The van der Waals surface area contributed by atoms with Gasteiger partial charge < -0.3 is 5.32 Å². The van der Waals surface area contributed by atoms with Crippen molar-refractivity contribution in [2.45, 2.75) is 13.0 Å². The van der Waals surface area contributed by atoms with Gasteiger partial charge in [0.1, 0.15) is 11.6 Å². The smallest absolute Gasteiger partial charge is 0.128 e. The number of hydrogen-bond acceptors (Lipinski definition) is 1. The van der Waals surface area contributed by atoms with E-state index in [1.807, 2.05) is 31.2 Å². The lowest BCUT2D eigenvalue weighted by Gasteiger charge is -2.16. The highest BCUT2D eigenvalue weighted by Gasteiger charge is 2.07. The summed E-state index contributed by atoms with van der Waals surface area (Å²) < 4.78 is 27.1. The normalized spacial score (nSPS) is 12.2. The van der Waals surface area contributed by atoms with Gasteiger partial charge in [0.05, 0.1) is 0 Å². The predicted octanol–water partition coefficient (Wildman–Crippen LogP) is 4.90. The Kier molecular flexibility index (Phi) is 3.97. The molecule has 0 aliphatic carbocycles. The van der Waals surface area contributed by atoms with Crippen molar-refractivity contribution >= 4 is 21.6 Å². The fourth-order valence-corrected chi connectivity index (χ4v) is 2.16. The highest BCUT2D eigenvalue weighted by molar-refractivity contribution is 9.10. The van der Waals surface area contributed by atoms with Crippen molar-refractivity contribution < 1.29 is 8.78 Å². The number of halogens is 3. The molecule has 0 saturated heterocycles. The van der Waals surface area contributed by atoms with Gasteiger partial charge in [-0.05, 0) is 36.8 Å². The molecule has 18 heavy (non-hydrogen) atoms. The molecule has 1 atom stereocenters. The SMILES string of the molecule is CC(Nc1cc(F)cc(F)c1)c1cccc(Br)c1. The molecule has 1 N–H and O–H groups in total. The van der Waals surface area contributed by atoms with Crippen molar-refractivity contribution in [2.75, 3.05) is 5.32 Å². The maximum atomic E-state index is 13.1. The summed E-state index contributed by atoms with van der Waals surface area (Å²) in [5.41, 5.74) is 1.47. The van der Waals surface area contributed by atoms with Crippen LogP contribution in [0.2, 0.25) is 0 Å². The molecular formula is C14H12BrF2N. The third-order valence-corrected chi connectivity index (χ3v) is 3.09. The van der Waals surface area contributed by atoms with Crippen molar-refractivity contribution in [1.82, 2.24) is 0 Å². The Bertz CT molecular complexity index is 537. The summed E-state index contributed by atoms with van der Waals surface area (Å²) in [7, 11) is 0. The molecule has 0 heterocycles. The summed E-state index contributed by atoms with van der Waals surface area (Å²) in [5, 5.41) is 3.07. The molecule has 0 amide bonds. The maximum absolute atomic E-state index is 13.1. The molecule has 0 aliphatic rings. The van der Waals surface area contributed by atoms with E-state index in [0.717, 1.165) is 16.1 Å². The molecule has 2 aromatic carbocycles. The van der Waals surface area contributed by atoms with Gasteiger partial charge >= 0.3 is 0 Å². The average Bonchev–Trinajstić information content (AvgIpc) is 2.27. The van der Waals surface area contributed by atoms with Crippen LogP contribution in [0.15, 0.2) is 46.9 Å². The van der Waals surface area contributed by atoms with Crippen molar-refractivity contribution in [3.05, 3.63) is 64.1 Å². The Morgan fingerprint density at radius 2 is 1.72 bits per heavy atom. The van der Waals surface area contributed by atoms with Gasteiger partial charge in [0, 0.05) is 22.3 Å². The minimum absolute atomic E-state index is 0.0382. The molecule has 0 saturated carbocycles. The van der Waals surface area contributed by atoms with Crippen molar-refractivity contribution in [3.8, 4) is 0 Å². The molecule has 2 aromatic rings. The van der Waals surface area contributed by atoms with Gasteiger partial charge in [-0.3, -0.25) is 0 Å². The van der Waals surface area contributed by atoms with Gasteiger partial charge in [-0.1, -0.05) is 28.1 Å². The maximum Gasteiger partial charge on any atom is 0.128 e. The van der Waals surface area contributed by atoms with Gasteiger partial charge in [-0.2, -0.15) is 0 Å². The quantitative estimate of drug-likeness (QED) is 0.850. The first-order chi connectivity index (χ1) is 8.54. The van der Waals surface area contributed by atoms with Crippen LogP contribution in [0.1, 0.15) is 18.5 Å². The monoisotopic (exact) mass is 311 g/mol. The first kappa shape index (κ1) is 13.0. The molecule has 0 fully saturated rings. The summed E-state index contributed by atoms with van der Waals surface area (Å²) >= 11 is 3.39. The molecule has 4 heteroatoms. The van der Waals surface area contributed by atoms with Crippen LogP contribution in [-0.4, -0.2) is 0 Å². The van der Waals surface area contributed by atoms with Crippen LogP contribution < -0.4 is 5.32 Å². The summed E-state index contributed by atoms with van der Waals surface area (Å²) in [6.45, 7) is 1.94. The summed E-state index contributed by atoms with van der Waals surface area (Å²) in [4.78, 5) is 0. The zero-order valence-electron chi connectivity index (χ0n) is 9.75. The second-order valence-corrected chi connectivity index (χ2v) is 4.99. The lowest BCUT2D eigenvalue weighted by molar-refractivity contribution is 0.583. The number of benzene rings is 2. The molecule has 0 aliphatic heterocycles. The third kappa shape index (κ3) is 3.29. The molecule has 2 rings (SSSR count). The van der Waals surface area contributed by atoms with Gasteiger partial charge in [0.15, 0.2) is 0 Å². The zero-order chi connectivity index (χ0) is 13.1. The number of rotatable bonds is 3. The summed E-state index contributed by atoms with van der Waals surface area (Å²) in [6, 6.07) is 11.1. The molecular weight excluding hydrogens is 300 g/mol. The van der Waals surface area contributed by atoms with E-state index in [0.29, 0.717) is 5.69 Å². The van der Waals surface area contributed by atoms with Crippen molar-refractivity contribution in [2.24, 2.45) is 0 Å². The molecule has 1 unspecified atom stereocenters. The topological polar surface area (TPSA) is 12.0 Å². The van der Waals surface area contributed by atoms with Crippen LogP contribution in [0.4, 0.5) is 14.5 Å². The molecule has 0 radical (unpaired) electrons. The Balaban J connectivity index is 2.18. The van der Waals surface area contributed by atoms with E-state index < -0.39 is 11.6 Å². The molecule has 0 spiro atoms. The Hall–Kier alpha value is -1.42. The second-order valence-electron chi connectivity index (χ2n) is 4.08. The van der Waals surface area contributed by atoms with E-state index in [9.17, 15) is 8.78 Å². The molecule has 1 nitrogen and oxygen atoms in total. The van der Waals surface area contributed by atoms with Crippen LogP contribution in [-0.2, 0) is 0 Å². The van der Waals surface area contributed by atoms with Crippen LogP contribution in [0.3, 0.4) is 0 Å². The molecule has 0 aromatic heterocycles. The Morgan fingerprint density at radius 3 is 2.33 bits per heavy atom. The largest absolute Gasteiger partial charge is 0.378 e. The van der Waals surface area contributed by atoms with Gasteiger partial charge in [-0.15, -0.1) is 0 Å². The third-order valence-electron chi connectivity index (χ3n) is 2.59. The van der Waals surface area contributed by atoms with E-state index in [1.165, 1.54) is 12.1 Å². The summed E-state index contributed by atoms with van der Waals surface area (Å²) in [5.74, 6) is -1.17. The fraction of sp³-hybridized carbons (Fsp3) is 0.143. The van der Waals surface area contributed by atoms with Crippen molar-refractivity contribution in [3.63, 3.8) is 0 Å². The van der Waals surface area contributed by atoms with E-state index >= 15 is 0 Å². The number of hydrogen-bond donors (Lipinski definition) is 1. The van der Waals surface area contributed by atoms with E-state index in [2.05, 4.69) is 21.2 Å². The van der Waals surface area contributed by atoms with Crippen LogP contribution >= 0.6 is 15.9 Å². The highest BCUT2D eigenvalue weighted by Crippen LogP contribution is 2.23. The van der Waals surface area contributed by atoms with Crippen LogP contribution in [0.5, 0.6) is 0 Å². The first-order valence-corrected chi connectivity index (χ1v) is 6.32. The van der Waals surface area contributed by atoms with Gasteiger partial charge in [0.25, 0.3) is 0 Å². The second kappa shape index (κ2) is 5.48. The Morgan fingerprint density at radius 1 is 1.06 bits per heavy atom. The standard InChI is InChI=1S/C14H12BrF2N/c1-9(10-3-2-4-11(15)5-10)18-14-7-12(16)6-13(17)8-14/h2-9,18H,1H3. The van der Waals surface area contributed by atoms with E-state index in [1.54, 1.807) is 0 Å². The number of nitrogens with one attached hydrogen (secondary N) is 1. The first-order valence-electron chi connectivity index (χ1n) is 5.53. The van der Waals surface area contributed by atoms with Crippen molar-refractivity contribution in [1.29, 1.82) is 0 Å². The highest BCUT2D eigenvalue weighted by atomic mass is 79.9. The zero-order valence-corrected chi connectivity index (χ0v) is 11.3. The Labute approximate surface area is 113 Å². The predicted molar refractivity (Wildman–Crippen MR) is 72.5 cm³/mol. The van der Waals surface area contributed by atoms with E-state index in [4.69, 9.17) is 0 Å². The minimum Gasteiger partial charge on any atom is -0.378 e. The average molecular weight is 312 g/mol. The number of anilines is 1. The van der Waals surface area contributed by atoms with Gasteiger partial charge in [0.2, 0.25) is 0 Å². The lowest BCUT2D eigenvalue weighted by Crippen LogP contribution is -2.07.